The van der Waals surface area contributed by atoms with Crippen LogP contribution in [0.2, 0.25) is 0 Å². The van der Waals surface area contributed by atoms with E-state index in [9.17, 15) is 18.3 Å². The molecular weight excluding hydrogens is 537 g/mol. The second-order valence-corrected chi connectivity index (χ2v) is 10.3. The minimum absolute atomic E-state index is 0.181. The zero-order valence-electron chi connectivity index (χ0n) is 22.6. The summed E-state index contributed by atoms with van der Waals surface area (Å²) in [6, 6.07) is 4.89. The Morgan fingerprint density at radius 2 is 1.88 bits per heavy atom. The molecule has 6 rings (SSSR count). The average molecular weight is 565 g/mol. The fourth-order valence-corrected chi connectivity index (χ4v) is 4.88. The van der Waals surface area contributed by atoms with Gasteiger partial charge in [-0.05, 0) is 43.9 Å². The number of halogens is 3. The summed E-state index contributed by atoms with van der Waals surface area (Å²) in [5.41, 5.74) is 2.88. The average Bonchev–Trinajstić information content (AvgIpc) is 3.57. The number of aliphatic hydroxyl groups excluding tert-OH is 1. The number of ether oxygens (including phenoxy) is 1. The fraction of sp³-hybridized carbons (Fsp3) is 0.357. The molecule has 5 aromatic rings. The first kappa shape index (κ1) is 26.8. The van der Waals surface area contributed by atoms with Crippen LogP contribution in [0.25, 0.3) is 33.8 Å². The first-order valence-electron chi connectivity index (χ1n) is 13.1. The molecule has 13 heteroatoms. The molecule has 1 fully saturated rings. The van der Waals surface area contributed by atoms with Gasteiger partial charge in [0.15, 0.2) is 17.2 Å². The summed E-state index contributed by atoms with van der Waals surface area (Å²) in [5.74, 6) is 1.33. The Hall–Kier alpha value is -4.39. The largest absolute Gasteiger partial charge is 0.480 e. The molecular formula is C28H27F3N8O2. The van der Waals surface area contributed by atoms with Crippen LogP contribution in [0, 0.1) is 0 Å². The summed E-state index contributed by atoms with van der Waals surface area (Å²) in [7, 11) is 1.54. The molecule has 0 atom stereocenters. The molecule has 0 spiro atoms. The van der Waals surface area contributed by atoms with E-state index in [2.05, 4.69) is 25.0 Å². The Morgan fingerprint density at radius 3 is 2.56 bits per heavy atom. The van der Waals surface area contributed by atoms with E-state index in [-0.39, 0.29) is 25.0 Å². The molecule has 1 aliphatic rings. The second-order valence-electron chi connectivity index (χ2n) is 10.3. The highest BCUT2D eigenvalue weighted by Crippen LogP contribution is 2.45. The maximum absolute atomic E-state index is 13.4. The smallest absolute Gasteiger partial charge is 0.434 e. The standard InChI is InChI=1S/C28H27F3N8O2/c1-15(2)38-12-21(28(29,30)31)36-25(38)17-6-7-18(19(8-17)13-40)11-39-26-20(10-35-39)9-32-24(37-26)22-23(16-4-5-16)33-14-34-27(22)41-3/h6-10,12,14-16,40H,4-5,11,13H2,1-3H3. The van der Waals surface area contributed by atoms with E-state index < -0.39 is 11.9 Å². The highest BCUT2D eigenvalue weighted by atomic mass is 19.4. The number of aromatic nitrogens is 8. The molecule has 0 amide bonds. The van der Waals surface area contributed by atoms with Gasteiger partial charge in [0.05, 0.1) is 37.5 Å². The van der Waals surface area contributed by atoms with E-state index in [1.54, 1.807) is 56.2 Å². The van der Waals surface area contributed by atoms with E-state index in [1.807, 2.05) is 0 Å². The van der Waals surface area contributed by atoms with Crippen molar-refractivity contribution in [3.05, 3.63) is 65.6 Å². The third kappa shape index (κ3) is 5.01. The summed E-state index contributed by atoms with van der Waals surface area (Å²) in [4.78, 5) is 22.0. The van der Waals surface area contributed by atoms with E-state index in [0.717, 1.165) is 35.7 Å². The lowest BCUT2D eigenvalue weighted by Crippen LogP contribution is -2.08. The number of nitrogens with zero attached hydrogens (tertiary/aromatic N) is 8. The Balaban J connectivity index is 1.37. The van der Waals surface area contributed by atoms with Crippen molar-refractivity contribution in [2.45, 2.75) is 58.0 Å². The van der Waals surface area contributed by atoms with Crippen molar-refractivity contribution < 1.29 is 23.0 Å². The topological polar surface area (TPSA) is 117 Å². The number of hydrogen-bond acceptors (Lipinski definition) is 8. The quantitative estimate of drug-likeness (QED) is 0.274. The van der Waals surface area contributed by atoms with Crippen molar-refractivity contribution >= 4 is 11.0 Å². The molecule has 1 aliphatic carbocycles. The predicted molar refractivity (Wildman–Crippen MR) is 143 cm³/mol. The number of rotatable bonds is 8. The molecule has 1 saturated carbocycles. The second kappa shape index (κ2) is 10.2. The summed E-state index contributed by atoms with van der Waals surface area (Å²) in [6.07, 6.45) is 3.34. The molecule has 0 unspecified atom stereocenters. The van der Waals surface area contributed by atoms with E-state index >= 15 is 0 Å². The van der Waals surface area contributed by atoms with Gasteiger partial charge >= 0.3 is 6.18 Å². The number of hydrogen-bond donors (Lipinski definition) is 1. The molecule has 4 heterocycles. The van der Waals surface area contributed by atoms with Crippen LogP contribution in [0.3, 0.4) is 0 Å². The summed E-state index contributed by atoms with van der Waals surface area (Å²) >= 11 is 0. The van der Waals surface area contributed by atoms with Gasteiger partial charge in [-0.2, -0.15) is 18.3 Å². The van der Waals surface area contributed by atoms with Crippen LogP contribution in [0.15, 0.2) is 43.1 Å². The normalized spacial score (nSPS) is 13.9. The molecule has 1 N–H and O–H groups in total. The first-order chi connectivity index (χ1) is 19.7. The van der Waals surface area contributed by atoms with Crippen molar-refractivity contribution in [2.75, 3.05) is 7.11 Å². The van der Waals surface area contributed by atoms with Crippen LogP contribution in [-0.2, 0) is 19.3 Å². The molecule has 0 radical (unpaired) electrons. The first-order valence-corrected chi connectivity index (χ1v) is 13.1. The van der Waals surface area contributed by atoms with Crippen molar-refractivity contribution in [1.29, 1.82) is 0 Å². The predicted octanol–water partition coefficient (Wildman–Crippen LogP) is 5.17. The van der Waals surface area contributed by atoms with Crippen molar-refractivity contribution in [3.8, 4) is 28.7 Å². The lowest BCUT2D eigenvalue weighted by atomic mass is 10.0. The number of imidazole rings is 1. The lowest BCUT2D eigenvalue weighted by molar-refractivity contribution is -0.140. The van der Waals surface area contributed by atoms with Gasteiger partial charge < -0.3 is 14.4 Å². The van der Waals surface area contributed by atoms with E-state index in [4.69, 9.17) is 9.72 Å². The minimum Gasteiger partial charge on any atom is -0.480 e. The number of alkyl halides is 3. The lowest BCUT2D eigenvalue weighted by Gasteiger charge is -2.14. The van der Waals surface area contributed by atoms with Crippen LogP contribution in [-0.4, -0.2) is 51.5 Å². The van der Waals surface area contributed by atoms with Crippen LogP contribution < -0.4 is 4.74 Å². The monoisotopic (exact) mass is 564 g/mol. The van der Waals surface area contributed by atoms with Gasteiger partial charge in [-0.15, -0.1) is 0 Å². The Bertz CT molecular complexity index is 1740. The van der Waals surface area contributed by atoms with Gasteiger partial charge in [0.2, 0.25) is 5.88 Å². The third-order valence-corrected chi connectivity index (χ3v) is 7.13. The van der Waals surface area contributed by atoms with Gasteiger partial charge in [-0.1, -0.05) is 12.1 Å². The van der Waals surface area contributed by atoms with Gasteiger partial charge in [0, 0.05) is 29.9 Å². The molecule has 0 aliphatic heterocycles. The Labute approximate surface area is 232 Å². The maximum atomic E-state index is 13.4. The zero-order valence-corrected chi connectivity index (χ0v) is 22.6. The van der Waals surface area contributed by atoms with Crippen LogP contribution in [0.5, 0.6) is 5.88 Å². The van der Waals surface area contributed by atoms with Gasteiger partial charge in [0.25, 0.3) is 0 Å². The zero-order chi connectivity index (χ0) is 28.9. The van der Waals surface area contributed by atoms with Crippen LogP contribution >= 0.6 is 0 Å². The van der Waals surface area contributed by atoms with Gasteiger partial charge in [-0.3, -0.25) is 0 Å². The Kier molecular flexibility index (Phi) is 6.68. The summed E-state index contributed by atoms with van der Waals surface area (Å²) < 4.78 is 48.9. The molecule has 0 saturated heterocycles. The fourth-order valence-electron chi connectivity index (χ4n) is 4.88. The number of benzene rings is 1. The van der Waals surface area contributed by atoms with Gasteiger partial charge in [0.1, 0.15) is 17.7 Å². The molecule has 0 bridgehead atoms. The van der Waals surface area contributed by atoms with E-state index in [1.165, 1.54) is 10.9 Å². The van der Waals surface area contributed by atoms with Crippen molar-refractivity contribution in [1.82, 2.24) is 39.3 Å². The van der Waals surface area contributed by atoms with E-state index in [0.29, 0.717) is 40.0 Å². The molecule has 41 heavy (non-hydrogen) atoms. The third-order valence-electron chi connectivity index (χ3n) is 7.13. The molecule has 10 nitrogen and oxygen atoms in total. The molecule has 1 aromatic carbocycles. The minimum atomic E-state index is -4.56. The number of methoxy groups -OCH3 is 1. The van der Waals surface area contributed by atoms with Crippen LogP contribution in [0.4, 0.5) is 13.2 Å². The Morgan fingerprint density at radius 1 is 1.07 bits per heavy atom. The maximum Gasteiger partial charge on any atom is 0.434 e. The number of aliphatic hydroxyl groups is 1. The highest BCUT2D eigenvalue weighted by molar-refractivity contribution is 5.77. The SMILES string of the molecule is COc1ncnc(C2CC2)c1-c1ncc2cnn(Cc3ccc(-c4nc(C(F)(F)F)cn4C(C)C)cc3CO)c2n1. The van der Waals surface area contributed by atoms with Crippen LogP contribution in [0.1, 0.15) is 61.2 Å². The summed E-state index contributed by atoms with van der Waals surface area (Å²) in [5, 5.41) is 15.4. The van der Waals surface area contributed by atoms with Crippen molar-refractivity contribution in [3.63, 3.8) is 0 Å². The van der Waals surface area contributed by atoms with Gasteiger partial charge in [-0.25, -0.2) is 29.6 Å². The summed E-state index contributed by atoms with van der Waals surface area (Å²) in [6.45, 7) is 3.52. The number of fused-ring (bicyclic) bond motifs is 1. The molecule has 4 aromatic heterocycles. The molecule has 212 valence electrons. The van der Waals surface area contributed by atoms with Crippen molar-refractivity contribution in [2.24, 2.45) is 0 Å². The highest BCUT2D eigenvalue weighted by Gasteiger charge is 2.35.